The molecule has 1 saturated heterocycles. The molecule has 0 saturated carbocycles. The maximum absolute atomic E-state index is 11.3. The first-order chi connectivity index (χ1) is 10.5. The van der Waals surface area contributed by atoms with E-state index in [1.54, 1.807) is 22.7 Å². The monoisotopic (exact) mass is 357 g/mol. The molecular formula is C14H19N3O2S3. The van der Waals surface area contributed by atoms with Crippen LogP contribution in [0.25, 0.3) is 9.88 Å². The molecule has 0 bridgehead atoms. The van der Waals surface area contributed by atoms with Gasteiger partial charge in [0.15, 0.2) is 0 Å². The SMILES string of the molecule is CS(=O)(=O)NC1CCN(Cc2csc(-c3cccs3)n2)CC1. The first-order valence-electron chi connectivity index (χ1n) is 7.17. The Labute approximate surface area is 139 Å². The lowest BCUT2D eigenvalue weighted by Crippen LogP contribution is -2.43. The Morgan fingerprint density at radius 3 is 2.77 bits per heavy atom. The number of hydrogen-bond donors (Lipinski definition) is 1. The lowest BCUT2D eigenvalue weighted by molar-refractivity contribution is 0.198. The highest BCUT2D eigenvalue weighted by Crippen LogP contribution is 2.28. The third-order valence-corrected chi connectivity index (χ3v) is 6.33. The molecule has 0 aromatic carbocycles. The van der Waals surface area contributed by atoms with Crippen LogP contribution in [0.4, 0.5) is 0 Å². The number of thiophene rings is 1. The van der Waals surface area contributed by atoms with Gasteiger partial charge in [0.05, 0.1) is 16.8 Å². The van der Waals surface area contributed by atoms with Crippen molar-refractivity contribution < 1.29 is 8.42 Å². The number of rotatable bonds is 5. The highest BCUT2D eigenvalue weighted by atomic mass is 32.2. The Morgan fingerprint density at radius 2 is 2.14 bits per heavy atom. The van der Waals surface area contributed by atoms with Crippen molar-refractivity contribution in [2.75, 3.05) is 19.3 Å². The molecule has 0 amide bonds. The molecule has 3 rings (SSSR count). The van der Waals surface area contributed by atoms with E-state index in [4.69, 9.17) is 4.98 Å². The number of hydrogen-bond acceptors (Lipinski definition) is 6. The molecule has 1 aliphatic heterocycles. The fourth-order valence-electron chi connectivity index (χ4n) is 2.63. The van der Waals surface area contributed by atoms with Crippen LogP contribution in [0.5, 0.6) is 0 Å². The second-order valence-electron chi connectivity index (χ2n) is 5.56. The van der Waals surface area contributed by atoms with E-state index in [-0.39, 0.29) is 6.04 Å². The molecule has 0 aliphatic carbocycles. The van der Waals surface area contributed by atoms with Crippen LogP contribution in [-0.4, -0.2) is 43.7 Å². The summed E-state index contributed by atoms with van der Waals surface area (Å²) in [5, 5.41) is 5.27. The number of nitrogens with one attached hydrogen (secondary N) is 1. The number of nitrogens with zero attached hydrogens (tertiary/aromatic N) is 2. The Morgan fingerprint density at radius 1 is 1.36 bits per heavy atom. The van der Waals surface area contributed by atoms with Crippen LogP contribution in [0.15, 0.2) is 22.9 Å². The summed E-state index contributed by atoms with van der Waals surface area (Å²) in [6.45, 7) is 2.64. The Balaban J connectivity index is 1.53. The third-order valence-electron chi connectivity index (χ3n) is 3.64. The molecule has 120 valence electrons. The Kier molecular flexibility index (Phi) is 4.94. The van der Waals surface area contributed by atoms with Crippen molar-refractivity contribution in [2.45, 2.75) is 25.4 Å². The zero-order valence-corrected chi connectivity index (χ0v) is 14.8. The molecule has 2 aromatic heterocycles. The van der Waals surface area contributed by atoms with Crippen molar-refractivity contribution in [1.29, 1.82) is 0 Å². The molecule has 5 nitrogen and oxygen atoms in total. The molecule has 8 heteroatoms. The average molecular weight is 358 g/mol. The summed E-state index contributed by atoms with van der Waals surface area (Å²) in [6, 6.07) is 4.21. The molecule has 0 atom stereocenters. The summed E-state index contributed by atoms with van der Waals surface area (Å²) in [5.74, 6) is 0. The lowest BCUT2D eigenvalue weighted by Gasteiger charge is -2.31. The topological polar surface area (TPSA) is 62.3 Å². The number of piperidine rings is 1. The van der Waals surface area contributed by atoms with Gasteiger partial charge in [0.2, 0.25) is 10.0 Å². The van der Waals surface area contributed by atoms with Crippen LogP contribution in [0.2, 0.25) is 0 Å². The van der Waals surface area contributed by atoms with Crippen LogP contribution in [0.3, 0.4) is 0 Å². The average Bonchev–Trinajstić information content (AvgIpc) is 3.10. The van der Waals surface area contributed by atoms with Gasteiger partial charge in [-0.15, -0.1) is 22.7 Å². The van der Waals surface area contributed by atoms with Crippen LogP contribution in [-0.2, 0) is 16.6 Å². The van der Waals surface area contributed by atoms with Gasteiger partial charge in [-0.25, -0.2) is 18.1 Å². The third kappa shape index (κ3) is 4.36. The van der Waals surface area contributed by atoms with Gasteiger partial charge in [0.25, 0.3) is 0 Å². The zero-order chi connectivity index (χ0) is 15.6. The standard InChI is InChI=1S/C14H19N3O2S3/c1-22(18,19)16-11-4-6-17(7-5-11)9-12-10-21-14(15-12)13-3-2-8-20-13/h2-3,8,10-11,16H,4-7,9H2,1H3. The molecule has 1 aliphatic rings. The molecule has 2 aromatic rings. The molecule has 3 heterocycles. The van der Waals surface area contributed by atoms with Crippen LogP contribution in [0.1, 0.15) is 18.5 Å². The second-order valence-corrected chi connectivity index (χ2v) is 9.15. The predicted octanol–water partition coefficient (Wildman–Crippen LogP) is 2.39. The molecule has 1 fully saturated rings. The highest BCUT2D eigenvalue weighted by molar-refractivity contribution is 7.88. The maximum atomic E-state index is 11.3. The number of likely N-dealkylation sites (tertiary alicyclic amines) is 1. The summed E-state index contributed by atoms with van der Waals surface area (Å²) in [5.41, 5.74) is 1.10. The minimum atomic E-state index is -3.10. The number of sulfonamides is 1. The minimum absolute atomic E-state index is 0.0726. The molecule has 0 radical (unpaired) electrons. The van der Waals surface area contributed by atoms with Gasteiger partial charge >= 0.3 is 0 Å². The highest BCUT2D eigenvalue weighted by Gasteiger charge is 2.22. The van der Waals surface area contributed by atoms with Crippen molar-refractivity contribution >= 4 is 32.7 Å². The second kappa shape index (κ2) is 6.76. The van der Waals surface area contributed by atoms with Crippen molar-refractivity contribution in [3.8, 4) is 9.88 Å². The van der Waals surface area contributed by atoms with E-state index < -0.39 is 10.0 Å². The van der Waals surface area contributed by atoms with E-state index in [9.17, 15) is 8.42 Å². The summed E-state index contributed by atoms with van der Waals surface area (Å²) in [6.07, 6.45) is 2.94. The van der Waals surface area contributed by atoms with Crippen molar-refractivity contribution in [1.82, 2.24) is 14.6 Å². The van der Waals surface area contributed by atoms with E-state index in [1.807, 2.05) is 6.07 Å². The summed E-state index contributed by atoms with van der Waals surface area (Å²) in [7, 11) is -3.10. The summed E-state index contributed by atoms with van der Waals surface area (Å²) >= 11 is 3.40. The molecule has 1 N–H and O–H groups in total. The zero-order valence-electron chi connectivity index (χ0n) is 12.4. The smallest absolute Gasteiger partial charge is 0.208 e. The van der Waals surface area contributed by atoms with Gasteiger partial charge in [-0.2, -0.15) is 0 Å². The quantitative estimate of drug-likeness (QED) is 0.892. The Bertz CT molecular complexity index is 702. The maximum Gasteiger partial charge on any atom is 0.208 e. The molecule has 0 unspecified atom stereocenters. The largest absolute Gasteiger partial charge is 0.297 e. The van der Waals surface area contributed by atoms with Gasteiger partial charge < -0.3 is 0 Å². The fourth-order valence-corrected chi connectivity index (χ4v) is 5.10. The summed E-state index contributed by atoms with van der Waals surface area (Å²) in [4.78, 5) is 8.26. The minimum Gasteiger partial charge on any atom is -0.297 e. The van der Waals surface area contributed by atoms with Crippen molar-refractivity contribution in [3.05, 3.63) is 28.6 Å². The van der Waals surface area contributed by atoms with Crippen LogP contribution >= 0.6 is 22.7 Å². The van der Waals surface area contributed by atoms with Crippen molar-refractivity contribution in [3.63, 3.8) is 0 Å². The van der Waals surface area contributed by atoms with E-state index in [1.165, 1.54) is 11.1 Å². The summed E-state index contributed by atoms with van der Waals surface area (Å²) < 4.78 is 25.2. The molecule has 22 heavy (non-hydrogen) atoms. The Hall–Kier alpha value is -0.800. The van der Waals surface area contributed by atoms with Crippen molar-refractivity contribution in [2.24, 2.45) is 0 Å². The van der Waals surface area contributed by atoms with Gasteiger partial charge in [-0.3, -0.25) is 4.90 Å². The normalized spacial score (nSPS) is 17.9. The number of thiazole rings is 1. The van der Waals surface area contributed by atoms with E-state index in [0.29, 0.717) is 0 Å². The van der Waals surface area contributed by atoms with E-state index >= 15 is 0 Å². The fraction of sp³-hybridized carbons (Fsp3) is 0.500. The van der Waals surface area contributed by atoms with E-state index in [2.05, 4.69) is 26.4 Å². The first kappa shape index (κ1) is 16.1. The predicted molar refractivity (Wildman–Crippen MR) is 91.7 cm³/mol. The van der Waals surface area contributed by atoms with Gasteiger partial charge in [0.1, 0.15) is 5.01 Å². The lowest BCUT2D eigenvalue weighted by atomic mass is 10.1. The van der Waals surface area contributed by atoms with Crippen LogP contribution in [0, 0.1) is 0 Å². The van der Waals surface area contributed by atoms with Gasteiger partial charge in [0, 0.05) is 31.1 Å². The van der Waals surface area contributed by atoms with Crippen LogP contribution < -0.4 is 4.72 Å². The van der Waals surface area contributed by atoms with Gasteiger partial charge in [-0.05, 0) is 24.3 Å². The van der Waals surface area contributed by atoms with E-state index in [0.717, 1.165) is 43.2 Å². The first-order valence-corrected chi connectivity index (χ1v) is 10.8. The van der Waals surface area contributed by atoms with Gasteiger partial charge in [-0.1, -0.05) is 6.07 Å². The molecule has 0 spiro atoms. The molecular weight excluding hydrogens is 338 g/mol. The number of aromatic nitrogens is 1.